The first-order valence-corrected chi connectivity index (χ1v) is 14.6. The number of esters is 1. The molecule has 1 saturated heterocycles. The normalized spacial score (nSPS) is 18.1. The summed E-state index contributed by atoms with van der Waals surface area (Å²) in [5.74, 6) is -0.296. The minimum atomic E-state index is -1.89. The summed E-state index contributed by atoms with van der Waals surface area (Å²) < 4.78 is 4.92. The number of methoxy groups -OCH3 is 1. The van der Waals surface area contributed by atoms with Crippen molar-refractivity contribution in [3.8, 4) is 0 Å². The minimum absolute atomic E-state index is 0.0422. The zero-order chi connectivity index (χ0) is 21.6. The van der Waals surface area contributed by atoms with Crippen molar-refractivity contribution in [2.24, 2.45) is 0 Å². The van der Waals surface area contributed by atoms with Crippen LogP contribution in [-0.4, -0.2) is 37.0 Å². The predicted molar refractivity (Wildman–Crippen MR) is 130 cm³/mol. The van der Waals surface area contributed by atoms with Crippen LogP contribution >= 0.6 is 18.6 Å². The Hall–Kier alpha value is -1.71. The number of hydrogen-bond acceptors (Lipinski definition) is 4. The zero-order valence-corrected chi connectivity index (χ0v) is 20.1. The van der Waals surface area contributed by atoms with Gasteiger partial charge in [-0.3, -0.25) is 0 Å². The first-order chi connectivity index (χ1) is 14.5. The topological polar surface area (TPSA) is 55.4 Å². The molecule has 1 unspecified atom stereocenters. The predicted octanol–water partition coefficient (Wildman–Crippen LogP) is 6.08. The molecule has 1 N–H and O–H groups in total. The van der Waals surface area contributed by atoms with E-state index in [1.807, 2.05) is 12.3 Å². The van der Waals surface area contributed by atoms with Gasteiger partial charge in [0.2, 0.25) is 0 Å². The van der Waals surface area contributed by atoms with Gasteiger partial charge >= 0.3 is 185 Å². The van der Waals surface area contributed by atoms with E-state index in [1.165, 1.54) is 62.0 Å². The van der Waals surface area contributed by atoms with Crippen molar-refractivity contribution in [1.82, 2.24) is 0 Å². The number of carbonyl (C=O) groups is 2. The second kappa shape index (κ2) is 10.5. The molecule has 1 atom stereocenters. The van der Waals surface area contributed by atoms with E-state index < -0.39 is 7.26 Å². The van der Waals surface area contributed by atoms with E-state index in [1.54, 1.807) is 0 Å². The summed E-state index contributed by atoms with van der Waals surface area (Å²) in [4.78, 5) is 26.3. The van der Waals surface area contributed by atoms with E-state index in [2.05, 4.69) is 42.6 Å². The quantitative estimate of drug-likeness (QED) is 0.413. The standard InChI is InChI=1S/C24H34NO3PS/c1-4-20(23(26)25-21-18(2)17-30-22(21)24(27)28-3)29(14-10-5-6-11-15-29)16-19-12-8-7-9-13-19/h7-9,12-13,17,20,29H,4-6,10-11,14-16H2,1-3H3,(H,25,26). The number of carbonyl (C=O) groups excluding carboxylic acids is 2. The van der Waals surface area contributed by atoms with E-state index >= 15 is 0 Å². The summed E-state index contributed by atoms with van der Waals surface area (Å²) in [6.07, 6.45) is 9.34. The molecule has 0 spiro atoms. The van der Waals surface area contributed by atoms with Crippen LogP contribution in [0.2, 0.25) is 0 Å². The molecule has 6 heteroatoms. The van der Waals surface area contributed by atoms with E-state index in [-0.39, 0.29) is 17.5 Å². The van der Waals surface area contributed by atoms with Crippen molar-refractivity contribution < 1.29 is 14.3 Å². The summed E-state index contributed by atoms with van der Waals surface area (Å²) in [6, 6.07) is 10.7. The molecule has 0 radical (unpaired) electrons. The number of amides is 1. The average molecular weight is 448 g/mol. The maximum absolute atomic E-state index is 13.6. The average Bonchev–Trinajstić information content (AvgIpc) is 2.95. The third-order valence-corrected chi connectivity index (χ3v) is 13.6. The molecule has 0 bridgehead atoms. The molecule has 1 aromatic heterocycles. The molecular weight excluding hydrogens is 413 g/mol. The van der Waals surface area contributed by atoms with E-state index in [9.17, 15) is 9.59 Å². The van der Waals surface area contributed by atoms with Gasteiger partial charge in [-0.15, -0.1) is 0 Å². The Balaban J connectivity index is 1.91. The first-order valence-electron chi connectivity index (χ1n) is 11.0. The molecule has 1 aliphatic rings. The number of aryl methyl sites for hydroxylation is 1. The fraction of sp³-hybridized carbons (Fsp3) is 0.500. The molecule has 4 nitrogen and oxygen atoms in total. The molecule has 164 valence electrons. The molecule has 0 aliphatic carbocycles. The van der Waals surface area contributed by atoms with Gasteiger partial charge in [0.05, 0.1) is 0 Å². The van der Waals surface area contributed by atoms with Crippen molar-refractivity contribution in [3.05, 3.63) is 51.7 Å². The third kappa shape index (κ3) is 5.12. The van der Waals surface area contributed by atoms with Crippen LogP contribution in [0.5, 0.6) is 0 Å². The monoisotopic (exact) mass is 447 g/mol. The van der Waals surface area contributed by atoms with Crippen molar-refractivity contribution in [1.29, 1.82) is 0 Å². The van der Waals surface area contributed by atoms with Gasteiger partial charge in [-0.2, -0.15) is 0 Å². The fourth-order valence-electron chi connectivity index (χ4n) is 5.03. The van der Waals surface area contributed by atoms with Crippen molar-refractivity contribution in [2.45, 2.75) is 57.8 Å². The summed E-state index contributed by atoms with van der Waals surface area (Å²) >= 11 is 1.33. The molecule has 1 amide bonds. The van der Waals surface area contributed by atoms with Crippen molar-refractivity contribution in [3.63, 3.8) is 0 Å². The van der Waals surface area contributed by atoms with Crippen LogP contribution in [-0.2, 0) is 15.7 Å². The van der Waals surface area contributed by atoms with Crippen LogP contribution in [0.3, 0.4) is 0 Å². The zero-order valence-electron chi connectivity index (χ0n) is 18.3. The molecular formula is C24H34NO3PS. The Bertz CT molecular complexity index is 857. The molecule has 1 aliphatic heterocycles. The van der Waals surface area contributed by atoms with Crippen LogP contribution < -0.4 is 5.32 Å². The van der Waals surface area contributed by atoms with Gasteiger partial charge in [0, 0.05) is 0 Å². The van der Waals surface area contributed by atoms with Gasteiger partial charge in [-0.05, 0) is 0 Å². The summed E-state index contributed by atoms with van der Waals surface area (Å²) in [5.41, 5.74) is 2.95. The van der Waals surface area contributed by atoms with Crippen LogP contribution in [0, 0.1) is 6.92 Å². The molecule has 3 rings (SSSR count). The van der Waals surface area contributed by atoms with Crippen LogP contribution in [0.15, 0.2) is 35.7 Å². The number of nitrogens with one attached hydrogen (secondary N) is 1. The number of hydrogen-bond donors (Lipinski definition) is 1. The third-order valence-electron chi connectivity index (χ3n) is 6.56. The van der Waals surface area contributed by atoms with Crippen LogP contribution in [0.25, 0.3) is 0 Å². The van der Waals surface area contributed by atoms with Gasteiger partial charge in [-0.1, -0.05) is 0 Å². The second-order valence-corrected chi connectivity index (χ2v) is 14.2. The van der Waals surface area contributed by atoms with Gasteiger partial charge in [0.1, 0.15) is 0 Å². The number of rotatable bonds is 7. The number of ether oxygens (including phenoxy) is 1. The maximum atomic E-state index is 13.6. The first kappa shape index (κ1) is 23.0. The van der Waals surface area contributed by atoms with Gasteiger partial charge in [0.15, 0.2) is 0 Å². The molecule has 2 aromatic rings. The van der Waals surface area contributed by atoms with Crippen molar-refractivity contribution >= 4 is 36.2 Å². The molecule has 0 saturated carbocycles. The van der Waals surface area contributed by atoms with E-state index in [4.69, 9.17) is 4.74 Å². The molecule has 2 heterocycles. The Labute approximate surface area is 184 Å². The Kier molecular flexibility index (Phi) is 8.07. The van der Waals surface area contributed by atoms with E-state index in [0.29, 0.717) is 10.6 Å². The Morgan fingerprint density at radius 1 is 1.13 bits per heavy atom. The summed E-state index contributed by atoms with van der Waals surface area (Å²) in [5, 5.41) is 5.07. The van der Waals surface area contributed by atoms with E-state index in [0.717, 1.165) is 18.1 Å². The number of thiophene rings is 1. The molecule has 1 aromatic carbocycles. The van der Waals surface area contributed by atoms with Crippen molar-refractivity contribution in [2.75, 3.05) is 24.8 Å². The second-order valence-electron chi connectivity index (χ2n) is 8.50. The number of benzene rings is 1. The fourth-order valence-corrected chi connectivity index (χ4v) is 12.0. The Morgan fingerprint density at radius 3 is 2.40 bits per heavy atom. The van der Waals surface area contributed by atoms with Gasteiger partial charge in [-0.25, -0.2) is 0 Å². The van der Waals surface area contributed by atoms with Gasteiger partial charge in [0.25, 0.3) is 0 Å². The summed E-state index contributed by atoms with van der Waals surface area (Å²) in [7, 11) is -0.515. The molecule has 1 fully saturated rings. The Morgan fingerprint density at radius 2 is 1.80 bits per heavy atom. The van der Waals surface area contributed by atoms with Crippen LogP contribution in [0.4, 0.5) is 5.69 Å². The number of anilines is 1. The van der Waals surface area contributed by atoms with Crippen LogP contribution in [0.1, 0.15) is 59.8 Å². The SMILES string of the molecule is CCC(C(=O)Nc1c(C)csc1C(=O)OC)[PH]1(Cc2ccccc2)CCCCCC1. The molecule has 30 heavy (non-hydrogen) atoms. The van der Waals surface area contributed by atoms with Gasteiger partial charge < -0.3 is 0 Å². The summed E-state index contributed by atoms with van der Waals surface area (Å²) in [6.45, 7) is 4.08.